The van der Waals surface area contributed by atoms with E-state index in [0.717, 1.165) is 38.0 Å². The molecule has 2 atom stereocenters. The van der Waals surface area contributed by atoms with Crippen LogP contribution >= 0.6 is 0 Å². The molecule has 1 aromatic carbocycles. The summed E-state index contributed by atoms with van der Waals surface area (Å²) >= 11 is 0. The number of nitriles is 1. The number of carbonyl (C=O) groups excluding carboxylic acids is 2. The van der Waals surface area contributed by atoms with E-state index in [4.69, 9.17) is 14.7 Å². The third kappa shape index (κ3) is 8.11. The van der Waals surface area contributed by atoms with Gasteiger partial charge in [-0.25, -0.2) is 9.59 Å². The Balaban J connectivity index is 1.49. The van der Waals surface area contributed by atoms with E-state index in [2.05, 4.69) is 11.0 Å². The largest absolute Gasteiger partial charge is 0.444 e. The molecule has 2 bridgehead atoms. The highest BCUT2D eigenvalue weighted by atomic mass is 16.6. The number of ether oxygens (including phenoxy) is 2. The summed E-state index contributed by atoms with van der Waals surface area (Å²) in [4.78, 5) is 32.9. The number of fused-ring (bicyclic) bond motifs is 2. The third-order valence-electron chi connectivity index (χ3n) is 6.12. The first-order valence-corrected chi connectivity index (χ1v) is 12.3. The average molecular weight is 486 g/mol. The van der Waals surface area contributed by atoms with Gasteiger partial charge in [0.25, 0.3) is 0 Å². The number of aryl methyl sites for hydroxylation is 1. The Morgan fingerprint density at radius 3 is 2.26 bits per heavy atom. The molecular formula is C26H39N5O4. The third-order valence-corrected chi connectivity index (χ3v) is 6.12. The Morgan fingerprint density at radius 1 is 1.09 bits per heavy atom. The molecule has 192 valence electrons. The summed E-state index contributed by atoms with van der Waals surface area (Å²) in [6, 6.07) is 9.76. The lowest BCUT2D eigenvalue weighted by molar-refractivity contribution is -0.136. The Morgan fingerprint density at radius 2 is 1.71 bits per heavy atom. The van der Waals surface area contributed by atoms with Gasteiger partial charge in [0, 0.05) is 46.8 Å². The van der Waals surface area contributed by atoms with Crippen LogP contribution in [0, 0.1) is 11.3 Å². The van der Waals surface area contributed by atoms with Crippen molar-refractivity contribution in [2.75, 3.05) is 59.9 Å². The standard InChI is InChI=1S/C26H39N5O4/c1-26(2,3)35-25(33)31-18-22-16-29(17-23(19-31)34-22)13-14-30(24(32)28(4)5)12-6-7-20-8-10-21(15-27)11-9-20/h8-11,22-23H,6-7,12-14,16-19H2,1-5H3. The van der Waals surface area contributed by atoms with Gasteiger partial charge in [0.15, 0.2) is 0 Å². The van der Waals surface area contributed by atoms with Crippen LogP contribution in [0.2, 0.25) is 0 Å². The van der Waals surface area contributed by atoms with Gasteiger partial charge in [-0.05, 0) is 51.3 Å². The molecule has 0 N–H and O–H groups in total. The monoisotopic (exact) mass is 485 g/mol. The molecular weight excluding hydrogens is 446 g/mol. The summed E-state index contributed by atoms with van der Waals surface area (Å²) in [5.74, 6) is 0. The first-order valence-electron chi connectivity index (χ1n) is 12.3. The zero-order valence-electron chi connectivity index (χ0n) is 21.7. The number of hydrogen-bond acceptors (Lipinski definition) is 6. The van der Waals surface area contributed by atoms with E-state index in [1.54, 1.807) is 23.9 Å². The van der Waals surface area contributed by atoms with E-state index in [-0.39, 0.29) is 24.3 Å². The van der Waals surface area contributed by atoms with E-state index in [1.807, 2.05) is 49.9 Å². The van der Waals surface area contributed by atoms with Gasteiger partial charge in [-0.3, -0.25) is 4.90 Å². The van der Waals surface area contributed by atoms with Crippen molar-refractivity contribution in [2.45, 2.75) is 51.4 Å². The highest BCUT2D eigenvalue weighted by molar-refractivity contribution is 5.73. The van der Waals surface area contributed by atoms with Crippen LogP contribution in [0.15, 0.2) is 24.3 Å². The van der Waals surface area contributed by atoms with Gasteiger partial charge < -0.3 is 24.2 Å². The maximum absolute atomic E-state index is 12.8. The number of nitrogens with zero attached hydrogens (tertiary/aromatic N) is 5. The van der Waals surface area contributed by atoms with Crippen molar-refractivity contribution in [3.8, 4) is 6.07 Å². The average Bonchev–Trinajstić information content (AvgIpc) is 2.79. The minimum absolute atomic E-state index is 0.00869. The number of hydrogen-bond donors (Lipinski definition) is 0. The van der Waals surface area contributed by atoms with Crippen molar-refractivity contribution < 1.29 is 19.1 Å². The molecule has 1 aromatic rings. The summed E-state index contributed by atoms with van der Waals surface area (Å²) in [5, 5.41) is 8.95. The number of rotatable bonds is 7. The molecule has 0 saturated carbocycles. The molecule has 0 radical (unpaired) electrons. The van der Waals surface area contributed by atoms with Gasteiger partial charge in [-0.1, -0.05) is 12.1 Å². The second-order valence-corrected chi connectivity index (χ2v) is 10.6. The van der Waals surface area contributed by atoms with Crippen LogP contribution in [0.1, 0.15) is 38.3 Å². The summed E-state index contributed by atoms with van der Waals surface area (Å²) in [7, 11) is 3.56. The quantitative estimate of drug-likeness (QED) is 0.590. The van der Waals surface area contributed by atoms with Crippen molar-refractivity contribution >= 4 is 12.1 Å². The molecule has 2 unspecified atom stereocenters. The SMILES string of the molecule is CN(C)C(=O)N(CCCc1ccc(C#N)cc1)CCN1CC2CN(C(=O)OC(C)(C)C)CC(C1)O2. The summed E-state index contributed by atoms with van der Waals surface area (Å²) in [5.41, 5.74) is 1.30. The van der Waals surface area contributed by atoms with Crippen molar-refractivity contribution in [3.05, 3.63) is 35.4 Å². The van der Waals surface area contributed by atoms with Crippen LogP contribution in [0.25, 0.3) is 0 Å². The first-order chi connectivity index (χ1) is 16.5. The Bertz CT molecular complexity index is 892. The maximum Gasteiger partial charge on any atom is 0.410 e. The lowest BCUT2D eigenvalue weighted by Crippen LogP contribution is -2.61. The predicted octanol–water partition coefficient (Wildman–Crippen LogP) is 2.79. The molecule has 3 rings (SSSR count). The summed E-state index contributed by atoms with van der Waals surface area (Å²) < 4.78 is 11.6. The lowest BCUT2D eigenvalue weighted by Gasteiger charge is -2.46. The highest BCUT2D eigenvalue weighted by Crippen LogP contribution is 2.21. The summed E-state index contributed by atoms with van der Waals surface area (Å²) in [6.07, 6.45) is 1.32. The van der Waals surface area contributed by atoms with Crippen LogP contribution in [-0.2, 0) is 15.9 Å². The Labute approximate surface area is 209 Å². The number of benzene rings is 1. The number of urea groups is 1. The predicted molar refractivity (Wildman–Crippen MR) is 133 cm³/mol. The number of morpholine rings is 2. The molecule has 2 aliphatic rings. The fraction of sp³-hybridized carbons (Fsp3) is 0.654. The number of carbonyl (C=O) groups is 2. The topological polar surface area (TPSA) is 89.4 Å². The minimum atomic E-state index is -0.515. The second kappa shape index (κ2) is 11.7. The van der Waals surface area contributed by atoms with E-state index in [0.29, 0.717) is 31.7 Å². The van der Waals surface area contributed by atoms with Crippen LogP contribution in [0.5, 0.6) is 0 Å². The van der Waals surface area contributed by atoms with Gasteiger partial charge in [0.1, 0.15) is 5.60 Å². The first kappa shape index (κ1) is 26.8. The minimum Gasteiger partial charge on any atom is -0.444 e. The van der Waals surface area contributed by atoms with Crippen molar-refractivity contribution in [1.29, 1.82) is 5.26 Å². The lowest BCUT2D eigenvalue weighted by atomic mass is 10.1. The van der Waals surface area contributed by atoms with Gasteiger partial charge in [-0.2, -0.15) is 5.26 Å². The molecule has 3 amide bonds. The van der Waals surface area contributed by atoms with Crippen LogP contribution < -0.4 is 0 Å². The molecule has 0 aromatic heterocycles. The van der Waals surface area contributed by atoms with Crippen molar-refractivity contribution in [1.82, 2.24) is 19.6 Å². The molecule has 2 heterocycles. The van der Waals surface area contributed by atoms with Gasteiger partial charge in [0.2, 0.25) is 0 Å². The van der Waals surface area contributed by atoms with E-state index < -0.39 is 5.60 Å². The smallest absolute Gasteiger partial charge is 0.410 e. The normalized spacial score (nSPS) is 20.2. The summed E-state index contributed by atoms with van der Waals surface area (Å²) in [6.45, 7) is 10.2. The highest BCUT2D eigenvalue weighted by Gasteiger charge is 2.38. The van der Waals surface area contributed by atoms with Gasteiger partial charge >= 0.3 is 12.1 Å². The van der Waals surface area contributed by atoms with E-state index >= 15 is 0 Å². The molecule has 35 heavy (non-hydrogen) atoms. The molecule has 2 aliphatic heterocycles. The Hall–Kier alpha value is -2.83. The maximum atomic E-state index is 12.8. The fourth-order valence-corrected chi connectivity index (χ4v) is 4.50. The second-order valence-electron chi connectivity index (χ2n) is 10.6. The molecule has 0 aliphatic carbocycles. The zero-order chi connectivity index (χ0) is 25.6. The fourth-order valence-electron chi connectivity index (χ4n) is 4.50. The molecule has 2 fully saturated rings. The van der Waals surface area contributed by atoms with Gasteiger partial charge in [-0.15, -0.1) is 0 Å². The number of amides is 3. The Kier molecular flexibility index (Phi) is 8.98. The van der Waals surface area contributed by atoms with Crippen LogP contribution in [-0.4, -0.2) is 109 Å². The van der Waals surface area contributed by atoms with Crippen LogP contribution in [0.4, 0.5) is 9.59 Å². The van der Waals surface area contributed by atoms with E-state index in [9.17, 15) is 9.59 Å². The van der Waals surface area contributed by atoms with Gasteiger partial charge in [0.05, 0.1) is 36.9 Å². The molecule has 9 nitrogen and oxygen atoms in total. The van der Waals surface area contributed by atoms with Crippen molar-refractivity contribution in [2.24, 2.45) is 0 Å². The molecule has 9 heteroatoms. The zero-order valence-corrected chi connectivity index (χ0v) is 21.7. The van der Waals surface area contributed by atoms with Crippen molar-refractivity contribution in [3.63, 3.8) is 0 Å². The molecule has 0 spiro atoms. The van der Waals surface area contributed by atoms with E-state index in [1.165, 1.54) is 0 Å². The molecule has 2 saturated heterocycles. The van der Waals surface area contributed by atoms with Crippen LogP contribution in [0.3, 0.4) is 0 Å².